The third-order valence-electron chi connectivity index (χ3n) is 2.47. The molecule has 1 heterocycles. The van der Waals surface area contributed by atoms with E-state index in [9.17, 15) is 17.2 Å². The van der Waals surface area contributed by atoms with Gasteiger partial charge >= 0.3 is 0 Å². The highest BCUT2D eigenvalue weighted by atomic mass is 79.9. The zero-order chi connectivity index (χ0) is 15.8. The summed E-state index contributed by atoms with van der Waals surface area (Å²) in [5, 5.41) is -0.271. The van der Waals surface area contributed by atoms with E-state index < -0.39 is 33.8 Å². The van der Waals surface area contributed by atoms with Crippen LogP contribution in [0.15, 0.2) is 30.7 Å². The molecule has 21 heavy (non-hydrogen) atoms. The highest BCUT2D eigenvalue weighted by Crippen LogP contribution is 2.34. The van der Waals surface area contributed by atoms with Crippen LogP contribution in [0, 0.1) is 11.6 Å². The van der Waals surface area contributed by atoms with Gasteiger partial charge in [-0.2, -0.15) is 0 Å². The topological polar surface area (TPSA) is 46.2 Å². The number of rotatable bonds is 4. The van der Waals surface area contributed by atoms with Crippen molar-refractivity contribution >= 4 is 64.8 Å². The molecule has 0 aliphatic heterocycles. The predicted octanol–water partition coefficient (Wildman–Crippen LogP) is 4.68. The monoisotopic (exact) mass is 479 g/mol. The molecule has 0 spiro atoms. The molecule has 1 aromatic heterocycles. The van der Waals surface area contributed by atoms with Crippen LogP contribution >= 0.6 is 54.8 Å². The highest BCUT2D eigenvalue weighted by molar-refractivity contribution is 9.13. The number of halogens is 5. The lowest BCUT2D eigenvalue weighted by Crippen LogP contribution is -2.23. The minimum atomic E-state index is -3.87. The van der Waals surface area contributed by atoms with Gasteiger partial charge in [-0.25, -0.2) is 21.9 Å². The smallest absolute Gasteiger partial charge is 0.207 e. The van der Waals surface area contributed by atoms with Gasteiger partial charge in [-0.3, -0.25) is 0 Å². The normalized spacial score (nSPS) is 11.9. The van der Waals surface area contributed by atoms with Crippen LogP contribution in [0.2, 0.25) is 5.02 Å². The zero-order valence-electron chi connectivity index (χ0n) is 9.96. The van der Waals surface area contributed by atoms with Crippen molar-refractivity contribution in [3.8, 4) is 0 Å². The van der Waals surface area contributed by atoms with Crippen LogP contribution in [-0.4, -0.2) is 8.42 Å². The first kappa shape index (κ1) is 17.3. The standard InChI is InChI=1S/C11H6Br2ClF2NO2S2/c12-6-3-9(20-11(6)13)21(18,19)17-4-5-8(15)2-1-7(14)10(5)16/h1-3,17H,4H2. The van der Waals surface area contributed by atoms with Gasteiger partial charge in [-0.15, -0.1) is 11.3 Å². The Kier molecular flexibility index (Phi) is 5.43. The molecule has 1 N–H and O–H groups in total. The first-order valence-corrected chi connectivity index (χ1v) is 9.55. The van der Waals surface area contributed by atoms with E-state index in [4.69, 9.17) is 11.6 Å². The van der Waals surface area contributed by atoms with Crippen LogP contribution < -0.4 is 4.72 Å². The third-order valence-corrected chi connectivity index (χ3v) is 7.89. The van der Waals surface area contributed by atoms with Crippen molar-refractivity contribution in [3.05, 3.63) is 48.7 Å². The van der Waals surface area contributed by atoms with Crippen molar-refractivity contribution in [1.29, 1.82) is 0 Å². The molecule has 0 fully saturated rings. The molecule has 0 aliphatic carbocycles. The maximum absolute atomic E-state index is 13.7. The van der Waals surface area contributed by atoms with Crippen molar-refractivity contribution < 1.29 is 17.2 Å². The molecule has 0 atom stereocenters. The van der Waals surface area contributed by atoms with Crippen molar-refractivity contribution in [2.24, 2.45) is 0 Å². The Morgan fingerprint density at radius 1 is 1.29 bits per heavy atom. The molecule has 0 amide bonds. The van der Waals surface area contributed by atoms with Crippen LogP contribution in [0.25, 0.3) is 0 Å². The number of thiophene rings is 1. The molecular weight excluding hydrogens is 476 g/mol. The van der Waals surface area contributed by atoms with Gasteiger partial charge in [0.1, 0.15) is 15.8 Å². The van der Waals surface area contributed by atoms with E-state index in [1.807, 2.05) is 0 Å². The largest absolute Gasteiger partial charge is 0.250 e. The maximum Gasteiger partial charge on any atom is 0.250 e. The van der Waals surface area contributed by atoms with Crippen LogP contribution in [0.4, 0.5) is 8.78 Å². The predicted molar refractivity (Wildman–Crippen MR) is 85.1 cm³/mol. The van der Waals surface area contributed by atoms with E-state index in [0.717, 1.165) is 23.5 Å². The Bertz CT molecular complexity index is 776. The summed E-state index contributed by atoms with van der Waals surface area (Å²) >= 11 is 12.9. The summed E-state index contributed by atoms with van der Waals surface area (Å²) in [4.78, 5) is 0. The van der Waals surface area contributed by atoms with Crippen molar-refractivity contribution in [1.82, 2.24) is 4.72 Å². The molecule has 0 unspecified atom stereocenters. The Morgan fingerprint density at radius 3 is 2.52 bits per heavy atom. The lowest BCUT2D eigenvalue weighted by Gasteiger charge is -2.08. The SMILES string of the molecule is O=S(=O)(NCc1c(F)ccc(Cl)c1F)c1cc(Br)c(Br)s1. The average molecular weight is 482 g/mol. The van der Waals surface area contributed by atoms with E-state index >= 15 is 0 Å². The van der Waals surface area contributed by atoms with E-state index in [1.54, 1.807) is 0 Å². The molecule has 0 bridgehead atoms. The molecular formula is C11H6Br2ClF2NO2S2. The van der Waals surface area contributed by atoms with Crippen LogP contribution in [0.3, 0.4) is 0 Å². The summed E-state index contributed by atoms with van der Waals surface area (Å²) in [7, 11) is -3.87. The van der Waals surface area contributed by atoms with Gasteiger partial charge in [-0.1, -0.05) is 11.6 Å². The third kappa shape index (κ3) is 3.83. The Labute approximate surface area is 145 Å². The molecule has 114 valence electrons. The zero-order valence-corrected chi connectivity index (χ0v) is 15.5. The number of hydrogen-bond acceptors (Lipinski definition) is 3. The first-order valence-electron chi connectivity index (χ1n) is 5.29. The van der Waals surface area contributed by atoms with Gasteiger partial charge in [0.05, 0.1) is 8.81 Å². The summed E-state index contributed by atoms with van der Waals surface area (Å²) < 4.78 is 54.7. The minimum Gasteiger partial charge on any atom is -0.207 e. The molecule has 3 nitrogen and oxygen atoms in total. The minimum absolute atomic E-state index is 0.0177. The lowest BCUT2D eigenvalue weighted by atomic mass is 10.2. The molecule has 0 aliphatic rings. The number of sulfonamides is 1. The highest BCUT2D eigenvalue weighted by Gasteiger charge is 2.21. The van der Waals surface area contributed by atoms with Gasteiger partial charge in [0.25, 0.3) is 0 Å². The molecule has 0 radical (unpaired) electrons. The summed E-state index contributed by atoms with van der Waals surface area (Å²) in [5.74, 6) is -1.85. The van der Waals surface area contributed by atoms with Gasteiger partial charge < -0.3 is 0 Å². The summed E-state index contributed by atoms with van der Waals surface area (Å²) in [5.41, 5.74) is -0.430. The van der Waals surface area contributed by atoms with Crippen molar-refractivity contribution in [2.75, 3.05) is 0 Å². The molecule has 2 aromatic rings. The van der Waals surface area contributed by atoms with Gasteiger partial charge in [-0.05, 0) is 50.1 Å². The fourth-order valence-electron chi connectivity index (χ4n) is 1.43. The quantitative estimate of drug-likeness (QED) is 0.645. The number of hydrogen-bond donors (Lipinski definition) is 1. The van der Waals surface area contributed by atoms with E-state index in [0.29, 0.717) is 8.26 Å². The van der Waals surface area contributed by atoms with Crippen molar-refractivity contribution in [2.45, 2.75) is 10.8 Å². The Balaban J connectivity index is 2.25. The van der Waals surface area contributed by atoms with E-state index in [-0.39, 0.29) is 9.23 Å². The number of nitrogens with one attached hydrogen (secondary N) is 1. The lowest BCUT2D eigenvalue weighted by molar-refractivity contribution is 0.545. The van der Waals surface area contributed by atoms with Gasteiger partial charge in [0, 0.05) is 16.6 Å². The maximum atomic E-state index is 13.7. The summed E-state index contributed by atoms with van der Waals surface area (Å²) in [6.07, 6.45) is 0. The fraction of sp³-hybridized carbons (Fsp3) is 0.0909. The Hall–Kier alpha value is -0.0600. The molecule has 10 heteroatoms. The second kappa shape index (κ2) is 6.59. The Morgan fingerprint density at radius 2 is 1.95 bits per heavy atom. The van der Waals surface area contributed by atoms with E-state index in [2.05, 4.69) is 36.6 Å². The van der Waals surface area contributed by atoms with Crippen LogP contribution in [0.5, 0.6) is 0 Å². The fourth-order valence-corrected chi connectivity index (χ4v) is 5.46. The number of benzene rings is 1. The second-order valence-corrected chi connectivity index (χ2v) is 9.46. The van der Waals surface area contributed by atoms with Gasteiger partial charge in [0.2, 0.25) is 10.0 Å². The van der Waals surface area contributed by atoms with E-state index in [1.165, 1.54) is 6.07 Å². The molecule has 0 saturated heterocycles. The average Bonchev–Trinajstić information content (AvgIpc) is 2.75. The molecule has 1 aromatic carbocycles. The molecule has 2 rings (SSSR count). The summed E-state index contributed by atoms with van der Waals surface area (Å²) in [6, 6.07) is 3.44. The molecule has 0 saturated carbocycles. The second-order valence-electron chi connectivity index (χ2n) is 3.83. The first-order chi connectivity index (χ1) is 9.72. The van der Waals surface area contributed by atoms with Gasteiger partial charge in [0.15, 0.2) is 0 Å². The van der Waals surface area contributed by atoms with Crippen LogP contribution in [-0.2, 0) is 16.6 Å². The van der Waals surface area contributed by atoms with Crippen molar-refractivity contribution in [3.63, 3.8) is 0 Å². The summed E-state index contributed by atoms with van der Waals surface area (Å²) in [6.45, 7) is -0.534. The van der Waals surface area contributed by atoms with Crippen LogP contribution in [0.1, 0.15) is 5.56 Å².